The molecule has 5 heteroatoms. The second-order valence-corrected chi connectivity index (χ2v) is 4.34. The summed E-state index contributed by atoms with van der Waals surface area (Å²) in [6.45, 7) is 2.74. The van der Waals surface area contributed by atoms with Gasteiger partial charge in [0, 0.05) is 37.1 Å². The van der Waals surface area contributed by atoms with Gasteiger partial charge in [-0.25, -0.2) is 0 Å². The van der Waals surface area contributed by atoms with Crippen molar-refractivity contribution in [1.82, 2.24) is 9.78 Å². The number of methoxy groups -OCH3 is 2. The van der Waals surface area contributed by atoms with Crippen LogP contribution in [0.1, 0.15) is 11.3 Å². The van der Waals surface area contributed by atoms with E-state index in [2.05, 4.69) is 10.4 Å². The van der Waals surface area contributed by atoms with Crippen molar-refractivity contribution < 1.29 is 9.47 Å². The van der Waals surface area contributed by atoms with Crippen LogP contribution in [0, 0.1) is 6.92 Å². The molecule has 19 heavy (non-hydrogen) atoms. The van der Waals surface area contributed by atoms with Crippen molar-refractivity contribution in [2.24, 2.45) is 7.05 Å². The summed E-state index contributed by atoms with van der Waals surface area (Å²) in [7, 11) is 5.18. The predicted octanol–water partition coefficient (Wildman–Crippen LogP) is 2.36. The molecule has 1 N–H and O–H groups in total. The maximum atomic E-state index is 5.28. The largest absolute Gasteiger partial charge is 0.493 e. The Bertz CT molecular complexity index is 564. The topological polar surface area (TPSA) is 48.3 Å². The van der Waals surface area contributed by atoms with E-state index in [4.69, 9.17) is 9.47 Å². The Hall–Kier alpha value is -2.17. The van der Waals surface area contributed by atoms with E-state index in [0.29, 0.717) is 0 Å². The van der Waals surface area contributed by atoms with Gasteiger partial charge in [0.15, 0.2) is 11.5 Å². The number of benzene rings is 1. The highest BCUT2D eigenvalue weighted by Crippen LogP contribution is 2.29. The summed E-state index contributed by atoms with van der Waals surface area (Å²) in [4.78, 5) is 0. The molecular weight excluding hydrogens is 242 g/mol. The Kier molecular flexibility index (Phi) is 3.94. The first-order chi connectivity index (χ1) is 9.13. The molecule has 5 nitrogen and oxygen atoms in total. The van der Waals surface area contributed by atoms with Crippen molar-refractivity contribution in [2.45, 2.75) is 13.5 Å². The Balaban J connectivity index is 2.09. The molecule has 0 saturated carbocycles. The Morgan fingerprint density at radius 2 is 1.95 bits per heavy atom. The monoisotopic (exact) mass is 261 g/mol. The fourth-order valence-corrected chi connectivity index (χ4v) is 1.97. The molecule has 2 aromatic rings. The molecule has 0 spiro atoms. The van der Waals surface area contributed by atoms with Gasteiger partial charge in [-0.3, -0.25) is 4.68 Å². The highest BCUT2D eigenvalue weighted by molar-refractivity contribution is 5.55. The Morgan fingerprint density at radius 3 is 2.53 bits per heavy atom. The van der Waals surface area contributed by atoms with Crippen LogP contribution < -0.4 is 14.8 Å². The normalized spacial score (nSPS) is 10.3. The lowest BCUT2D eigenvalue weighted by atomic mass is 10.2. The molecule has 0 bridgehead atoms. The first-order valence-electron chi connectivity index (χ1n) is 6.09. The SMILES string of the molecule is COc1ccc(NCc2cn(C)nc2C)cc1OC. The molecule has 0 unspecified atom stereocenters. The van der Waals surface area contributed by atoms with Crippen LogP contribution in [0.2, 0.25) is 0 Å². The second kappa shape index (κ2) is 5.65. The number of nitrogens with one attached hydrogen (secondary N) is 1. The highest BCUT2D eigenvalue weighted by atomic mass is 16.5. The van der Waals surface area contributed by atoms with Gasteiger partial charge in [0.25, 0.3) is 0 Å². The minimum absolute atomic E-state index is 0.718. The van der Waals surface area contributed by atoms with Gasteiger partial charge in [-0.15, -0.1) is 0 Å². The molecule has 102 valence electrons. The number of hydrogen-bond donors (Lipinski definition) is 1. The molecule has 0 fully saturated rings. The Morgan fingerprint density at radius 1 is 1.21 bits per heavy atom. The minimum atomic E-state index is 0.718. The van der Waals surface area contributed by atoms with Crippen LogP contribution in [-0.4, -0.2) is 24.0 Å². The van der Waals surface area contributed by atoms with E-state index in [1.807, 2.05) is 43.0 Å². The van der Waals surface area contributed by atoms with Crippen LogP contribution in [-0.2, 0) is 13.6 Å². The molecule has 1 heterocycles. The third kappa shape index (κ3) is 2.99. The smallest absolute Gasteiger partial charge is 0.162 e. The predicted molar refractivity (Wildman–Crippen MR) is 74.8 cm³/mol. The summed E-state index contributed by atoms with van der Waals surface area (Å²) >= 11 is 0. The zero-order valence-electron chi connectivity index (χ0n) is 11.7. The third-order valence-corrected chi connectivity index (χ3v) is 2.98. The lowest BCUT2D eigenvalue weighted by Gasteiger charge is -2.11. The van der Waals surface area contributed by atoms with Gasteiger partial charge in [0.1, 0.15) is 0 Å². The summed E-state index contributed by atoms with van der Waals surface area (Å²) in [5, 5.41) is 7.67. The second-order valence-electron chi connectivity index (χ2n) is 4.34. The van der Waals surface area contributed by atoms with Gasteiger partial charge in [-0.05, 0) is 19.1 Å². The van der Waals surface area contributed by atoms with Crippen molar-refractivity contribution in [3.8, 4) is 11.5 Å². The van der Waals surface area contributed by atoms with Gasteiger partial charge in [-0.1, -0.05) is 0 Å². The van der Waals surface area contributed by atoms with Gasteiger partial charge < -0.3 is 14.8 Å². The maximum absolute atomic E-state index is 5.28. The van der Waals surface area contributed by atoms with Gasteiger partial charge in [-0.2, -0.15) is 5.10 Å². The molecule has 0 radical (unpaired) electrons. The first kappa shape index (κ1) is 13.3. The standard InChI is InChI=1S/C14H19N3O2/c1-10-11(9-17(2)16-10)8-15-12-5-6-13(18-3)14(7-12)19-4/h5-7,9,15H,8H2,1-4H3. The summed E-state index contributed by atoms with van der Waals surface area (Å²) in [5.74, 6) is 1.45. The molecule has 0 saturated heterocycles. The van der Waals surface area contributed by atoms with E-state index in [1.165, 1.54) is 5.56 Å². The molecular formula is C14H19N3O2. The molecule has 0 atom stereocenters. The number of aromatic nitrogens is 2. The fourth-order valence-electron chi connectivity index (χ4n) is 1.97. The Labute approximate surface area is 113 Å². The quantitative estimate of drug-likeness (QED) is 0.897. The van der Waals surface area contributed by atoms with Crippen LogP contribution in [0.4, 0.5) is 5.69 Å². The fraction of sp³-hybridized carbons (Fsp3) is 0.357. The van der Waals surface area contributed by atoms with E-state index in [0.717, 1.165) is 29.4 Å². The van der Waals surface area contributed by atoms with Crippen LogP contribution in [0.3, 0.4) is 0 Å². The van der Waals surface area contributed by atoms with Crippen LogP contribution in [0.25, 0.3) is 0 Å². The average molecular weight is 261 g/mol. The summed E-state index contributed by atoms with van der Waals surface area (Å²) < 4.78 is 12.3. The van der Waals surface area contributed by atoms with Crippen LogP contribution in [0.15, 0.2) is 24.4 Å². The lowest BCUT2D eigenvalue weighted by Crippen LogP contribution is -2.00. The van der Waals surface area contributed by atoms with Crippen molar-refractivity contribution in [2.75, 3.05) is 19.5 Å². The summed E-state index contributed by atoms with van der Waals surface area (Å²) in [6.07, 6.45) is 2.02. The third-order valence-electron chi connectivity index (χ3n) is 2.98. The van der Waals surface area contributed by atoms with Crippen molar-refractivity contribution >= 4 is 5.69 Å². The number of ether oxygens (including phenoxy) is 2. The minimum Gasteiger partial charge on any atom is -0.493 e. The highest BCUT2D eigenvalue weighted by Gasteiger charge is 2.06. The van der Waals surface area contributed by atoms with Gasteiger partial charge >= 0.3 is 0 Å². The van der Waals surface area contributed by atoms with E-state index < -0.39 is 0 Å². The molecule has 1 aromatic heterocycles. The lowest BCUT2D eigenvalue weighted by molar-refractivity contribution is 0.355. The zero-order chi connectivity index (χ0) is 13.8. The number of aryl methyl sites for hydroxylation is 2. The zero-order valence-corrected chi connectivity index (χ0v) is 11.7. The van der Waals surface area contributed by atoms with Crippen molar-refractivity contribution in [3.63, 3.8) is 0 Å². The maximum Gasteiger partial charge on any atom is 0.162 e. The summed E-state index contributed by atoms with van der Waals surface area (Å²) in [6, 6.07) is 5.77. The number of anilines is 1. The van der Waals surface area contributed by atoms with Crippen LogP contribution >= 0.6 is 0 Å². The van der Waals surface area contributed by atoms with E-state index in [9.17, 15) is 0 Å². The van der Waals surface area contributed by atoms with Gasteiger partial charge in [0.2, 0.25) is 0 Å². The number of hydrogen-bond acceptors (Lipinski definition) is 4. The molecule has 0 aliphatic carbocycles. The van der Waals surface area contributed by atoms with E-state index >= 15 is 0 Å². The first-order valence-corrected chi connectivity index (χ1v) is 6.09. The van der Waals surface area contributed by atoms with Crippen molar-refractivity contribution in [3.05, 3.63) is 35.7 Å². The number of rotatable bonds is 5. The molecule has 1 aromatic carbocycles. The van der Waals surface area contributed by atoms with Gasteiger partial charge in [0.05, 0.1) is 19.9 Å². The van der Waals surface area contributed by atoms with Crippen LogP contribution in [0.5, 0.6) is 11.5 Å². The van der Waals surface area contributed by atoms with E-state index in [-0.39, 0.29) is 0 Å². The van der Waals surface area contributed by atoms with Crippen molar-refractivity contribution in [1.29, 1.82) is 0 Å². The summed E-state index contributed by atoms with van der Waals surface area (Å²) in [5.41, 5.74) is 3.20. The molecule has 0 amide bonds. The molecule has 0 aliphatic rings. The van der Waals surface area contributed by atoms with E-state index in [1.54, 1.807) is 14.2 Å². The molecule has 2 rings (SSSR count). The number of nitrogens with zero attached hydrogens (tertiary/aromatic N) is 2. The average Bonchev–Trinajstić information content (AvgIpc) is 2.74. The molecule has 0 aliphatic heterocycles.